The number of hydrogen-bond donors (Lipinski definition) is 1. The highest BCUT2D eigenvalue weighted by molar-refractivity contribution is 5.32. The van der Waals surface area contributed by atoms with Gasteiger partial charge in [0.25, 0.3) is 0 Å². The van der Waals surface area contributed by atoms with Crippen LogP contribution in [0.2, 0.25) is 0 Å². The first-order valence-electron chi connectivity index (χ1n) is 6.39. The van der Waals surface area contributed by atoms with Gasteiger partial charge in [-0.25, -0.2) is 0 Å². The normalized spacial score (nSPS) is 12.1. The van der Waals surface area contributed by atoms with Crippen molar-refractivity contribution in [3.63, 3.8) is 0 Å². The Hall–Kier alpha value is -2.05. The quantitative estimate of drug-likeness (QED) is 0.906. The molecule has 2 aromatic rings. The number of nitriles is 1. The van der Waals surface area contributed by atoms with Gasteiger partial charge in [0.1, 0.15) is 11.8 Å². The van der Waals surface area contributed by atoms with E-state index < -0.39 is 0 Å². The van der Waals surface area contributed by atoms with Gasteiger partial charge in [-0.2, -0.15) is 5.26 Å². The largest absolute Gasteiger partial charge is 0.449 e. The Morgan fingerprint density at radius 1 is 1.26 bits per heavy atom. The molecule has 1 atom stereocenters. The molecule has 1 unspecified atom stereocenters. The van der Waals surface area contributed by atoms with Gasteiger partial charge in [0, 0.05) is 6.04 Å². The molecule has 0 aliphatic carbocycles. The predicted octanol–water partition coefficient (Wildman–Crippen LogP) is 3.62. The molecule has 3 nitrogen and oxygen atoms in total. The van der Waals surface area contributed by atoms with E-state index in [1.54, 1.807) is 6.07 Å². The highest BCUT2D eigenvalue weighted by atomic mass is 16.3. The van der Waals surface area contributed by atoms with E-state index in [9.17, 15) is 0 Å². The number of nitrogens with zero attached hydrogens (tertiary/aromatic N) is 1. The molecular formula is C16H18N2O. The number of benzene rings is 1. The maximum atomic E-state index is 8.70. The summed E-state index contributed by atoms with van der Waals surface area (Å²) in [5.74, 6) is 1.14. The van der Waals surface area contributed by atoms with Gasteiger partial charge >= 0.3 is 0 Å². The van der Waals surface area contributed by atoms with Crippen molar-refractivity contribution in [3.05, 3.63) is 58.5 Å². The van der Waals surface area contributed by atoms with E-state index in [1.807, 2.05) is 12.1 Å². The average Bonchev–Trinajstić information content (AvgIpc) is 2.84. The van der Waals surface area contributed by atoms with Crippen LogP contribution in [-0.2, 0) is 6.54 Å². The molecule has 0 fully saturated rings. The second-order valence-electron chi connectivity index (χ2n) is 4.84. The first-order chi connectivity index (χ1) is 9.10. The Balaban J connectivity index is 2.01. The summed E-state index contributed by atoms with van der Waals surface area (Å²) in [6.07, 6.45) is 0. The van der Waals surface area contributed by atoms with E-state index in [-0.39, 0.29) is 6.04 Å². The third-order valence-electron chi connectivity index (χ3n) is 3.25. The topological polar surface area (TPSA) is 49.0 Å². The van der Waals surface area contributed by atoms with Crippen LogP contribution in [0.1, 0.15) is 41.2 Å². The molecule has 0 aliphatic rings. The van der Waals surface area contributed by atoms with Crippen LogP contribution >= 0.6 is 0 Å². The van der Waals surface area contributed by atoms with E-state index in [0.717, 1.165) is 5.76 Å². The van der Waals surface area contributed by atoms with Crippen molar-refractivity contribution in [2.45, 2.75) is 33.4 Å². The monoisotopic (exact) mass is 254 g/mol. The minimum Gasteiger partial charge on any atom is -0.449 e. The lowest BCUT2D eigenvalue weighted by atomic mass is 10.0. The zero-order valence-corrected chi connectivity index (χ0v) is 11.5. The first-order valence-corrected chi connectivity index (χ1v) is 6.39. The summed E-state index contributed by atoms with van der Waals surface area (Å²) in [4.78, 5) is 0. The van der Waals surface area contributed by atoms with Gasteiger partial charge in [-0.05, 0) is 44.0 Å². The van der Waals surface area contributed by atoms with Crippen LogP contribution in [0.25, 0.3) is 0 Å². The minimum absolute atomic E-state index is 0.247. The third-order valence-corrected chi connectivity index (χ3v) is 3.25. The van der Waals surface area contributed by atoms with Gasteiger partial charge in [0.2, 0.25) is 5.76 Å². The van der Waals surface area contributed by atoms with Crippen LogP contribution < -0.4 is 5.32 Å². The van der Waals surface area contributed by atoms with Gasteiger partial charge in [0.05, 0.1) is 6.54 Å². The zero-order chi connectivity index (χ0) is 13.8. The van der Waals surface area contributed by atoms with Crippen LogP contribution in [-0.4, -0.2) is 0 Å². The fraction of sp³-hybridized carbons (Fsp3) is 0.312. The number of furan rings is 1. The molecule has 19 heavy (non-hydrogen) atoms. The molecule has 0 amide bonds. The lowest BCUT2D eigenvalue weighted by Gasteiger charge is -2.16. The van der Waals surface area contributed by atoms with E-state index in [4.69, 9.17) is 9.68 Å². The van der Waals surface area contributed by atoms with Crippen LogP contribution in [0.4, 0.5) is 0 Å². The van der Waals surface area contributed by atoms with Crippen LogP contribution in [0, 0.1) is 25.2 Å². The molecule has 1 heterocycles. The van der Waals surface area contributed by atoms with Crippen molar-refractivity contribution >= 4 is 0 Å². The highest BCUT2D eigenvalue weighted by Crippen LogP contribution is 2.19. The van der Waals surface area contributed by atoms with E-state index in [0.29, 0.717) is 12.3 Å². The highest BCUT2D eigenvalue weighted by Gasteiger charge is 2.09. The van der Waals surface area contributed by atoms with Gasteiger partial charge in [0.15, 0.2) is 0 Å². The molecule has 1 N–H and O–H groups in total. The van der Waals surface area contributed by atoms with Crippen molar-refractivity contribution in [1.82, 2.24) is 5.32 Å². The average molecular weight is 254 g/mol. The van der Waals surface area contributed by atoms with Crippen molar-refractivity contribution in [2.75, 3.05) is 0 Å². The lowest BCUT2D eigenvalue weighted by Crippen LogP contribution is -2.18. The Bertz CT molecular complexity index is 607. The SMILES string of the molecule is Cc1ccc(C(C)NCc2ccc(C#N)o2)c(C)c1. The van der Waals surface area contributed by atoms with Crippen molar-refractivity contribution < 1.29 is 4.42 Å². The number of rotatable bonds is 4. The molecule has 3 heteroatoms. The maximum absolute atomic E-state index is 8.70. The summed E-state index contributed by atoms with van der Waals surface area (Å²) in [5.41, 5.74) is 3.85. The zero-order valence-electron chi connectivity index (χ0n) is 11.5. The standard InChI is InChI=1S/C16H18N2O/c1-11-4-7-16(12(2)8-11)13(3)18-10-15-6-5-14(9-17)19-15/h4-8,13,18H,10H2,1-3H3. The molecule has 2 rings (SSSR count). The summed E-state index contributed by atoms with van der Waals surface area (Å²) < 4.78 is 5.34. The lowest BCUT2D eigenvalue weighted by molar-refractivity contribution is 0.453. The van der Waals surface area contributed by atoms with Crippen molar-refractivity contribution in [1.29, 1.82) is 5.26 Å². The molecule has 0 bridgehead atoms. The summed E-state index contributed by atoms with van der Waals surface area (Å²) >= 11 is 0. The van der Waals surface area contributed by atoms with Crippen molar-refractivity contribution in [2.24, 2.45) is 0 Å². The molecule has 98 valence electrons. The van der Waals surface area contributed by atoms with Crippen LogP contribution in [0.3, 0.4) is 0 Å². The van der Waals surface area contributed by atoms with Gasteiger partial charge in [-0.3, -0.25) is 0 Å². The molecular weight excluding hydrogens is 236 g/mol. The number of nitrogens with one attached hydrogen (secondary N) is 1. The molecule has 0 saturated carbocycles. The summed E-state index contributed by atoms with van der Waals surface area (Å²) in [7, 11) is 0. The maximum Gasteiger partial charge on any atom is 0.203 e. The Morgan fingerprint density at radius 3 is 2.68 bits per heavy atom. The van der Waals surface area contributed by atoms with Gasteiger partial charge < -0.3 is 9.73 Å². The van der Waals surface area contributed by atoms with E-state index in [2.05, 4.69) is 44.3 Å². The molecule has 0 aliphatic heterocycles. The second-order valence-corrected chi connectivity index (χ2v) is 4.84. The predicted molar refractivity (Wildman–Crippen MR) is 74.6 cm³/mol. The van der Waals surface area contributed by atoms with Crippen LogP contribution in [0.15, 0.2) is 34.7 Å². The van der Waals surface area contributed by atoms with E-state index >= 15 is 0 Å². The summed E-state index contributed by atoms with van der Waals surface area (Å²) in [6, 6.07) is 12.2. The van der Waals surface area contributed by atoms with Gasteiger partial charge in [-0.1, -0.05) is 23.8 Å². The Morgan fingerprint density at radius 2 is 2.05 bits per heavy atom. The fourth-order valence-corrected chi connectivity index (χ4v) is 2.21. The number of aryl methyl sites for hydroxylation is 2. The molecule has 0 spiro atoms. The van der Waals surface area contributed by atoms with E-state index in [1.165, 1.54) is 16.7 Å². The van der Waals surface area contributed by atoms with Crippen molar-refractivity contribution in [3.8, 4) is 6.07 Å². The molecule has 0 saturated heterocycles. The smallest absolute Gasteiger partial charge is 0.203 e. The van der Waals surface area contributed by atoms with Crippen LogP contribution in [0.5, 0.6) is 0 Å². The fourth-order valence-electron chi connectivity index (χ4n) is 2.21. The van der Waals surface area contributed by atoms with Gasteiger partial charge in [-0.15, -0.1) is 0 Å². The Kier molecular flexibility index (Phi) is 4.03. The second kappa shape index (κ2) is 5.73. The molecule has 1 aromatic carbocycles. The third kappa shape index (κ3) is 3.24. The minimum atomic E-state index is 0.247. The first kappa shape index (κ1) is 13.4. The number of hydrogen-bond acceptors (Lipinski definition) is 3. The summed E-state index contributed by atoms with van der Waals surface area (Å²) in [6.45, 7) is 6.98. The summed E-state index contributed by atoms with van der Waals surface area (Å²) in [5, 5.41) is 12.1. The molecule has 0 radical (unpaired) electrons. The molecule has 1 aromatic heterocycles. The Labute approximate surface area is 113 Å².